The molecule has 0 bridgehead atoms. The third-order valence-electron chi connectivity index (χ3n) is 2.41. The Bertz CT molecular complexity index is 354. The van der Waals surface area contributed by atoms with Crippen LogP contribution in [-0.2, 0) is 11.3 Å². The second-order valence-corrected chi connectivity index (χ2v) is 3.83. The van der Waals surface area contributed by atoms with Gasteiger partial charge in [-0.25, -0.2) is 4.98 Å². The van der Waals surface area contributed by atoms with Crippen molar-refractivity contribution < 1.29 is 4.79 Å². The lowest BCUT2D eigenvalue weighted by Crippen LogP contribution is -2.52. The molecule has 1 atom stereocenters. The van der Waals surface area contributed by atoms with E-state index in [1.165, 1.54) is 0 Å². The SMILES string of the molecule is Cc1ncn(CC(C)(N)C(N)=O)c1C. The Morgan fingerprint density at radius 3 is 2.57 bits per heavy atom. The molecule has 0 saturated heterocycles. The summed E-state index contributed by atoms with van der Waals surface area (Å²) in [5.41, 5.74) is 11.8. The lowest BCUT2D eigenvalue weighted by atomic mass is 10.0. The Morgan fingerprint density at radius 2 is 2.21 bits per heavy atom. The van der Waals surface area contributed by atoms with Crippen LogP contribution in [0, 0.1) is 13.8 Å². The molecule has 1 aromatic heterocycles. The zero-order valence-corrected chi connectivity index (χ0v) is 8.74. The van der Waals surface area contributed by atoms with Gasteiger partial charge in [-0.05, 0) is 20.8 Å². The third kappa shape index (κ3) is 1.93. The first-order chi connectivity index (χ1) is 6.34. The van der Waals surface area contributed by atoms with Gasteiger partial charge in [0.2, 0.25) is 5.91 Å². The summed E-state index contributed by atoms with van der Waals surface area (Å²) in [6, 6.07) is 0. The molecule has 14 heavy (non-hydrogen) atoms. The van der Waals surface area contributed by atoms with Crippen molar-refractivity contribution in [3.8, 4) is 0 Å². The number of hydrogen-bond acceptors (Lipinski definition) is 3. The molecule has 5 heteroatoms. The Hall–Kier alpha value is -1.36. The smallest absolute Gasteiger partial charge is 0.239 e. The molecule has 0 aliphatic heterocycles. The highest BCUT2D eigenvalue weighted by Gasteiger charge is 2.26. The molecule has 1 rings (SSSR count). The maximum atomic E-state index is 11.0. The number of aryl methyl sites for hydroxylation is 1. The zero-order chi connectivity index (χ0) is 10.9. The Balaban J connectivity index is 2.89. The first-order valence-electron chi connectivity index (χ1n) is 4.41. The fourth-order valence-electron chi connectivity index (χ4n) is 1.14. The minimum Gasteiger partial charge on any atom is -0.368 e. The van der Waals surface area contributed by atoms with E-state index in [0.717, 1.165) is 11.4 Å². The number of rotatable bonds is 3. The van der Waals surface area contributed by atoms with Crippen LogP contribution in [-0.4, -0.2) is 21.0 Å². The van der Waals surface area contributed by atoms with Crippen molar-refractivity contribution in [3.05, 3.63) is 17.7 Å². The van der Waals surface area contributed by atoms with Crippen LogP contribution in [0.5, 0.6) is 0 Å². The molecule has 4 N–H and O–H groups in total. The van der Waals surface area contributed by atoms with Crippen molar-refractivity contribution in [2.75, 3.05) is 0 Å². The summed E-state index contributed by atoms with van der Waals surface area (Å²) in [6.07, 6.45) is 1.67. The van der Waals surface area contributed by atoms with Crippen LogP contribution in [0.15, 0.2) is 6.33 Å². The quantitative estimate of drug-likeness (QED) is 0.696. The molecule has 1 unspecified atom stereocenters. The highest BCUT2D eigenvalue weighted by atomic mass is 16.1. The maximum Gasteiger partial charge on any atom is 0.239 e. The molecule has 0 radical (unpaired) electrons. The first-order valence-corrected chi connectivity index (χ1v) is 4.41. The average molecular weight is 196 g/mol. The summed E-state index contributed by atoms with van der Waals surface area (Å²) in [5.74, 6) is -0.511. The summed E-state index contributed by atoms with van der Waals surface area (Å²) in [5, 5.41) is 0. The number of nitrogens with zero attached hydrogens (tertiary/aromatic N) is 2. The number of hydrogen-bond donors (Lipinski definition) is 2. The van der Waals surface area contributed by atoms with Gasteiger partial charge in [-0.15, -0.1) is 0 Å². The molecule has 1 heterocycles. The van der Waals surface area contributed by atoms with Gasteiger partial charge in [0.05, 0.1) is 18.6 Å². The highest BCUT2D eigenvalue weighted by Crippen LogP contribution is 2.09. The fourth-order valence-corrected chi connectivity index (χ4v) is 1.14. The van der Waals surface area contributed by atoms with Crippen molar-refractivity contribution in [3.63, 3.8) is 0 Å². The van der Waals surface area contributed by atoms with Crippen molar-refractivity contribution in [1.82, 2.24) is 9.55 Å². The van der Waals surface area contributed by atoms with E-state index in [9.17, 15) is 4.79 Å². The highest BCUT2D eigenvalue weighted by molar-refractivity contribution is 5.83. The van der Waals surface area contributed by atoms with Crippen LogP contribution < -0.4 is 11.5 Å². The minimum absolute atomic E-state index is 0.356. The van der Waals surface area contributed by atoms with E-state index in [1.54, 1.807) is 13.3 Å². The normalized spacial score (nSPS) is 15.1. The summed E-state index contributed by atoms with van der Waals surface area (Å²) in [6.45, 7) is 5.81. The lowest BCUT2D eigenvalue weighted by molar-refractivity contribution is -0.123. The zero-order valence-electron chi connectivity index (χ0n) is 8.74. The van der Waals surface area contributed by atoms with Gasteiger partial charge in [0.15, 0.2) is 0 Å². The van der Waals surface area contributed by atoms with E-state index in [2.05, 4.69) is 4.98 Å². The van der Waals surface area contributed by atoms with Gasteiger partial charge >= 0.3 is 0 Å². The maximum absolute atomic E-state index is 11.0. The van der Waals surface area contributed by atoms with Crippen LogP contribution in [0.3, 0.4) is 0 Å². The molecule has 0 aliphatic carbocycles. The van der Waals surface area contributed by atoms with Crippen LogP contribution in [0.4, 0.5) is 0 Å². The van der Waals surface area contributed by atoms with Crippen LogP contribution in [0.1, 0.15) is 18.3 Å². The van der Waals surface area contributed by atoms with Crippen LogP contribution >= 0.6 is 0 Å². The molecule has 1 amide bonds. The van der Waals surface area contributed by atoms with Gasteiger partial charge in [0.1, 0.15) is 5.54 Å². The summed E-state index contributed by atoms with van der Waals surface area (Å²) >= 11 is 0. The number of carbonyl (C=O) groups excluding carboxylic acids is 1. The number of carbonyl (C=O) groups is 1. The largest absolute Gasteiger partial charge is 0.368 e. The average Bonchev–Trinajstić information content (AvgIpc) is 2.35. The van der Waals surface area contributed by atoms with Gasteiger partial charge < -0.3 is 16.0 Å². The van der Waals surface area contributed by atoms with Gasteiger partial charge in [0.25, 0.3) is 0 Å². The van der Waals surface area contributed by atoms with E-state index in [1.807, 2.05) is 18.4 Å². The fraction of sp³-hybridized carbons (Fsp3) is 0.556. The predicted molar refractivity (Wildman–Crippen MR) is 53.5 cm³/mol. The minimum atomic E-state index is -1.03. The first kappa shape index (κ1) is 10.7. The number of nitrogens with two attached hydrogens (primary N) is 2. The summed E-state index contributed by atoms with van der Waals surface area (Å²) in [4.78, 5) is 15.1. The van der Waals surface area contributed by atoms with Crippen molar-refractivity contribution in [2.24, 2.45) is 11.5 Å². The van der Waals surface area contributed by atoms with Crippen molar-refractivity contribution >= 4 is 5.91 Å². The standard InChI is InChI=1S/C9H16N4O/c1-6-7(2)13(5-12-6)4-9(3,11)8(10)14/h5H,4,11H2,1-3H3,(H2,10,14). The van der Waals surface area contributed by atoms with Gasteiger partial charge in [0, 0.05) is 5.69 Å². The van der Waals surface area contributed by atoms with Gasteiger partial charge in [-0.2, -0.15) is 0 Å². The Labute approximate surface area is 83.1 Å². The number of imidazole rings is 1. The second kappa shape index (κ2) is 3.42. The van der Waals surface area contributed by atoms with Crippen LogP contribution in [0.25, 0.3) is 0 Å². The number of primary amides is 1. The lowest BCUT2D eigenvalue weighted by Gasteiger charge is -2.21. The molecule has 1 aromatic rings. The summed E-state index contributed by atoms with van der Waals surface area (Å²) in [7, 11) is 0. The second-order valence-electron chi connectivity index (χ2n) is 3.83. The number of amides is 1. The predicted octanol–water partition coefficient (Wildman–Crippen LogP) is -0.297. The van der Waals surface area contributed by atoms with E-state index < -0.39 is 11.4 Å². The topological polar surface area (TPSA) is 86.9 Å². The molecule has 0 aliphatic rings. The molecule has 0 aromatic carbocycles. The molecular formula is C9H16N4O. The van der Waals surface area contributed by atoms with E-state index in [0.29, 0.717) is 6.54 Å². The third-order valence-corrected chi connectivity index (χ3v) is 2.41. The molecule has 0 fully saturated rings. The van der Waals surface area contributed by atoms with E-state index >= 15 is 0 Å². The molecule has 78 valence electrons. The molecular weight excluding hydrogens is 180 g/mol. The molecule has 5 nitrogen and oxygen atoms in total. The van der Waals surface area contributed by atoms with Crippen molar-refractivity contribution in [1.29, 1.82) is 0 Å². The van der Waals surface area contributed by atoms with Gasteiger partial charge in [-0.3, -0.25) is 4.79 Å². The Morgan fingerprint density at radius 1 is 1.64 bits per heavy atom. The van der Waals surface area contributed by atoms with Crippen molar-refractivity contribution in [2.45, 2.75) is 32.9 Å². The Kier molecular flexibility index (Phi) is 2.62. The number of aromatic nitrogens is 2. The summed E-state index contributed by atoms with van der Waals surface area (Å²) < 4.78 is 1.83. The van der Waals surface area contributed by atoms with E-state index in [4.69, 9.17) is 11.5 Å². The molecule has 0 spiro atoms. The van der Waals surface area contributed by atoms with Gasteiger partial charge in [-0.1, -0.05) is 0 Å². The van der Waals surface area contributed by atoms with Crippen LogP contribution in [0.2, 0.25) is 0 Å². The molecule has 0 saturated carbocycles. The van der Waals surface area contributed by atoms with E-state index in [-0.39, 0.29) is 0 Å². The monoisotopic (exact) mass is 196 g/mol.